The zero-order valence-electron chi connectivity index (χ0n) is 19.6. The molecule has 0 radical (unpaired) electrons. The maximum absolute atomic E-state index is 13.2. The van der Waals surface area contributed by atoms with Crippen LogP contribution in [0.5, 0.6) is 5.75 Å². The lowest BCUT2D eigenvalue weighted by atomic mass is 10.0. The second kappa shape index (κ2) is 9.52. The number of imidazole rings is 1. The number of benzene rings is 1. The molecule has 1 aliphatic rings. The highest BCUT2D eigenvalue weighted by molar-refractivity contribution is 6.03. The van der Waals surface area contributed by atoms with Gasteiger partial charge in [-0.1, -0.05) is 5.16 Å². The molecule has 1 saturated carbocycles. The topological polar surface area (TPSA) is 76.2 Å². The molecule has 8 heteroatoms. The predicted molar refractivity (Wildman–Crippen MR) is 126 cm³/mol. The highest BCUT2D eigenvalue weighted by Crippen LogP contribution is 2.34. The van der Waals surface area contributed by atoms with Crippen molar-refractivity contribution in [3.05, 3.63) is 53.9 Å². The molecule has 1 fully saturated rings. The van der Waals surface area contributed by atoms with Crippen molar-refractivity contribution in [2.75, 3.05) is 0 Å². The van der Waals surface area contributed by atoms with Gasteiger partial charge in [0.1, 0.15) is 17.2 Å². The van der Waals surface area contributed by atoms with E-state index in [-0.39, 0.29) is 24.7 Å². The van der Waals surface area contributed by atoms with Crippen molar-refractivity contribution in [1.82, 2.24) is 9.38 Å². The van der Waals surface area contributed by atoms with Gasteiger partial charge in [0.05, 0.1) is 23.7 Å². The Morgan fingerprint density at radius 2 is 2.06 bits per heavy atom. The van der Waals surface area contributed by atoms with Crippen LogP contribution in [0, 0.1) is 5.92 Å². The summed E-state index contributed by atoms with van der Waals surface area (Å²) in [6, 6.07) is 9.33. The Morgan fingerprint density at radius 3 is 2.71 bits per heavy atom. The lowest BCUT2D eigenvalue weighted by molar-refractivity contribution is -0.120. The minimum atomic E-state index is -2.86. The molecule has 1 aromatic carbocycles. The van der Waals surface area contributed by atoms with Gasteiger partial charge < -0.3 is 9.94 Å². The summed E-state index contributed by atoms with van der Waals surface area (Å²) >= 11 is 0. The maximum Gasteiger partial charge on any atom is 0.245 e. The van der Waals surface area contributed by atoms with Crippen LogP contribution in [0.2, 0.25) is 0 Å². The first-order chi connectivity index (χ1) is 16.1. The molecule has 0 amide bonds. The number of pyridine rings is 1. The number of hydrogen-bond donors (Lipinski definition) is 1. The summed E-state index contributed by atoms with van der Waals surface area (Å²) in [5.74, 6) is -2.21. The van der Waals surface area contributed by atoms with E-state index < -0.39 is 12.3 Å². The summed E-state index contributed by atoms with van der Waals surface area (Å²) in [5.41, 5.74) is 4.53. The first-order valence-corrected chi connectivity index (χ1v) is 11.5. The number of halogens is 2. The molecule has 0 spiro atoms. The molecule has 180 valence electrons. The predicted octanol–water partition coefficient (Wildman–Crippen LogP) is 5.92. The van der Waals surface area contributed by atoms with Gasteiger partial charge >= 0.3 is 0 Å². The van der Waals surface area contributed by atoms with E-state index >= 15 is 0 Å². The molecule has 1 N–H and O–H groups in total. The molecular formula is C26H29F2N3O3. The number of aromatic nitrogens is 2. The standard InChI is InChI=1S/C26H29F2N3O3/c1-16(2)34-22-12-17(11-21(32)6-8-26(3,27)28)10-20(13-22)23-15-29-24-14-19(7-9-31(23)24)25(30-33)18-4-5-18/h7,9-10,12-16,18,33H,4-6,8,11H2,1-3H3/b30-25-. The first kappa shape index (κ1) is 23.9. The van der Waals surface area contributed by atoms with Crippen LogP contribution in [0.15, 0.2) is 47.9 Å². The van der Waals surface area contributed by atoms with Crippen molar-refractivity contribution in [2.45, 2.75) is 64.9 Å². The second-order valence-corrected chi connectivity index (χ2v) is 9.36. The summed E-state index contributed by atoms with van der Waals surface area (Å²) in [6.07, 6.45) is 5.00. The van der Waals surface area contributed by atoms with Crippen molar-refractivity contribution in [2.24, 2.45) is 11.1 Å². The number of fused-ring (bicyclic) bond motifs is 1. The summed E-state index contributed by atoms with van der Waals surface area (Å²) in [6.45, 7) is 4.65. The minimum Gasteiger partial charge on any atom is -0.491 e. The Labute approximate surface area is 197 Å². The Bertz CT molecular complexity index is 1220. The van der Waals surface area contributed by atoms with Crippen molar-refractivity contribution in [1.29, 1.82) is 0 Å². The largest absolute Gasteiger partial charge is 0.491 e. The van der Waals surface area contributed by atoms with Crippen LogP contribution in [0.4, 0.5) is 8.78 Å². The van der Waals surface area contributed by atoms with Gasteiger partial charge in [-0.15, -0.1) is 0 Å². The average Bonchev–Trinajstić information content (AvgIpc) is 3.49. The van der Waals surface area contributed by atoms with E-state index in [0.29, 0.717) is 28.6 Å². The van der Waals surface area contributed by atoms with Crippen LogP contribution < -0.4 is 4.74 Å². The van der Waals surface area contributed by atoms with Crippen LogP contribution in [0.25, 0.3) is 16.9 Å². The van der Waals surface area contributed by atoms with Gasteiger partial charge in [0, 0.05) is 42.5 Å². The molecule has 1 aliphatic carbocycles. The lowest BCUT2D eigenvalue weighted by Gasteiger charge is -2.14. The normalized spacial score (nSPS) is 14.7. The van der Waals surface area contributed by atoms with Crippen molar-refractivity contribution < 1.29 is 23.5 Å². The summed E-state index contributed by atoms with van der Waals surface area (Å²) < 4.78 is 34.2. The molecule has 0 atom stereocenters. The molecular weight excluding hydrogens is 440 g/mol. The first-order valence-electron chi connectivity index (χ1n) is 11.5. The summed E-state index contributed by atoms with van der Waals surface area (Å²) in [4.78, 5) is 16.9. The second-order valence-electron chi connectivity index (χ2n) is 9.36. The minimum absolute atomic E-state index is 0.0526. The number of rotatable bonds is 10. The molecule has 2 aromatic heterocycles. The third kappa shape index (κ3) is 5.79. The number of carbonyl (C=O) groups is 1. The fourth-order valence-electron chi connectivity index (χ4n) is 4.01. The number of nitrogens with zero attached hydrogens (tertiary/aromatic N) is 3. The van der Waals surface area contributed by atoms with Crippen LogP contribution in [0.1, 0.15) is 57.6 Å². The molecule has 0 unspecified atom stereocenters. The van der Waals surface area contributed by atoms with Crippen molar-refractivity contribution >= 4 is 17.1 Å². The number of ether oxygens (including phenoxy) is 1. The molecule has 4 rings (SSSR count). The van der Waals surface area contributed by atoms with E-state index in [0.717, 1.165) is 36.6 Å². The van der Waals surface area contributed by atoms with E-state index in [2.05, 4.69) is 10.1 Å². The van der Waals surface area contributed by atoms with Crippen molar-refractivity contribution in [3.63, 3.8) is 0 Å². The SMILES string of the molecule is CC(C)Oc1cc(CC(=O)CCC(C)(F)F)cc(-c2cnc3cc(/C(=N\O)C4CC4)ccn23)c1. The number of oxime groups is 1. The molecule has 6 nitrogen and oxygen atoms in total. The number of ketones is 1. The van der Waals surface area contributed by atoms with Gasteiger partial charge in [-0.2, -0.15) is 0 Å². The van der Waals surface area contributed by atoms with Crippen LogP contribution >= 0.6 is 0 Å². The zero-order valence-corrected chi connectivity index (χ0v) is 19.6. The van der Waals surface area contributed by atoms with E-state index in [1.807, 2.05) is 48.7 Å². The van der Waals surface area contributed by atoms with E-state index in [1.165, 1.54) is 0 Å². The molecule has 0 bridgehead atoms. The lowest BCUT2D eigenvalue weighted by Crippen LogP contribution is -2.13. The van der Waals surface area contributed by atoms with Gasteiger partial charge in [-0.3, -0.25) is 9.20 Å². The number of carbonyl (C=O) groups excluding carboxylic acids is 1. The summed E-state index contributed by atoms with van der Waals surface area (Å²) in [7, 11) is 0. The van der Waals surface area contributed by atoms with Crippen LogP contribution in [-0.2, 0) is 11.2 Å². The zero-order chi connectivity index (χ0) is 24.5. The van der Waals surface area contributed by atoms with E-state index in [4.69, 9.17) is 4.74 Å². The maximum atomic E-state index is 13.2. The highest BCUT2D eigenvalue weighted by Gasteiger charge is 2.29. The third-order valence-electron chi connectivity index (χ3n) is 5.76. The quantitative estimate of drug-likeness (QED) is 0.227. The molecule has 0 saturated heterocycles. The Balaban J connectivity index is 1.65. The third-order valence-corrected chi connectivity index (χ3v) is 5.76. The Kier molecular flexibility index (Phi) is 6.68. The molecule has 0 aliphatic heterocycles. The average molecular weight is 470 g/mol. The monoisotopic (exact) mass is 469 g/mol. The smallest absolute Gasteiger partial charge is 0.245 e. The summed E-state index contributed by atoms with van der Waals surface area (Å²) in [5, 5.41) is 12.9. The number of Topliss-reactive ketones (excluding diaryl/α,β-unsaturated/α-hetero) is 1. The fraction of sp³-hybridized carbons (Fsp3) is 0.423. The molecule has 3 aromatic rings. The van der Waals surface area contributed by atoms with Gasteiger partial charge in [0.25, 0.3) is 0 Å². The highest BCUT2D eigenvalue weighted by atomic mass is 19.3. The fourth-order valence-corrected chi connectivity index (χ4v) is 4.01. The Hall–Kier alpha value is -3.29. The van der Waals surface area contributed by atoms with Gasteiger partial charge in [0.15, 0.2) is 0 Å². The number of hydrogen-bond acceptors (Lipinski definition) is 5. The van der Waals surface area contributed by atoms with Crippen LogP contribution in [-0.4, -0.2) is 38.1 Å². The van der Waals surface area contributed by atoms with Gasteiger partial charge in [0.2, 0.25) is 5.92 Å². The van der Waals surface area contributed by atoms with E-state index in [1.54, 1.807) is 12.3 Å². The van der Waals surface area contributed by atoms with Crippen molar-refractivity contribution in [3.8, 4) is 17.0 Å². The molecule has 2 heterocycles. The van der Waals surface area contributed by atoms with E-state index in [9.17, 15) is 18.8 Å². The van der Waals surface area contributed by atoms with Gasteiger partial charge in [-0.25, -0.2) is 13.8 Å². The molecule has 34 heavy (non-hydrogen) atoms. The Morgan fingerprint density at radius 1 is 1.29 bits per heavy atom. The van der Waals surface area contributed by atoms with Crippen LogP contribution in [0.3, 0.4) is 0 Å². The number of alkyl halides is 2. The van der Waals surface area contributed by atoms with Gasteiger partial charge in [-0.05, 0) is 69.5 Å².